The molecule has 1 aromatic carbocycles. The number of carbonyl (C=O) groups excluding carboxylic acids is 1. The van der Waals surface area contributed by atoms with Gasteiger partial charge < -0.3 is 19.9 Å². The molecule has 0 atom stereocenters. The molecule has 3 aliphatic rings. The second-order valence-electron chi connectivity index (χ2n) is 9.09. The first-order valence-corrected chi connectivity index (χ1v) is 11.2. The normalized spacial score (nSPS) is 26.7. The van der Waals surface area contributed by atoms with Crippen LogP contribution in [0.1, 0.15) is 45.4 Å². The molecule has 7 heteroatoms. The highest BCUT2D eigenvalue weighted by Gasteiger charge is 2.32. The van der Waals surface area contributed by atoms with Gasteiger partial charge in [-0.15, -0.1) is 0 Å². The summed E-state index contributed by atoms with van der Waals surface area (Å²) in [7, 11) is 0. The zero-order valence-corrected chi connectivity index (χ0v) is 17.5. The van der Waals surface area contributed by atoms with Crippen LogP contribution in [0.25, 0.3) is 0 Å². The van der Waals surface area contributed by atoms with Crippen molar-refractivity contribution >= 4 is 17.3 Å². The zero-order chi connectivity index (χ0) is 20.4. The standard InChI is InChI=1S/C22H33N3O4/c1-15-6-8-24(9-7-15)19-18(20(26)21(19)27)23-14-16-2-4-17(5-3-16)22(28)25-10-12-29-13-11-25/h15-17,23H,2-14H2,1H3. The highest BCUT2D eigenvalue weighted by molar-refractivity contribution is 5.79. The Kier molecular flexibility index (Phi) is 6.23. The molecule has 3 fully saturated rings. The van der Waals surface area contributed by atoms with Crippen LogP contribution in [0, 0.1) is 17.8 Å². The van der Waals surface area contributed by atoms with Crippen molar-refractivity contribution in [1.29, 1.82) is 0 Å². The number of amides is 1. The average molecular weight is 404 g/mol. The zero-order valence-electron chi connectivity index (χ0n) is 17.5. The van der Waals surface area contributed by atoms with Gasteiger partial charge in [-0.3, -0.25) is 14.4 Å². The Balaban J connectivity index is 1.27. The number of ether oxygens (including phenoxy) is 1. The smallest absolute Gasteiger partial charge is 0.253 e. The van der Waals surface area contributed by atoms with Crippen molar-refractivity contribution in [2.75, 3.05) is 56.2 Å². The third-order valence-corrected chi connectivity index (χ3v) is 7.07. The minimum Gasteiger partial charge on any atom is -0.380 e. The Bertz CT molecular complexity index is 778. The topological polar surface area (TPSA) is 79.0 Å². The number of nitrogens with one attached hydrogen (secondary N) is 1. The van der Waals surface area contributed by atoms with E-state index in [9.17, 15) is 14.4 Å². The summed E-state index contributed by atoms with van der Waals surface area (Å²) >= 11 is 0. The monoisotopic (exact) mass is 403 g/mol. The molecule has 0 aromatic heterocycles. The number of nitrogens with zero attached hydrogens (tertiary/aromatic N) is 2. The van der Waals surface area contributed by atoms with Gasteiger partial charge in [0.1, 0.15) is 11.4 Å². The van der Waals surface area contributed by atoms with Crippen LogP contribution in [-0.2, 0) is 9.53 Å². The molecule has 2 aliphatic heterocycles. The first-order chi connectivity index (χ1) is 14.0. The molecule has 0 spiro atoms. The molecule has 0 bridgehead atoms. The number of morpholine rings is 1. The third kappa shape index (κ3) is 4.34. The van der Waals surface area contributed by atoms with Crippen molar-refractivity contribution in [3.63, 3.8) is 0 Å². The summed E-state index contributed by atoms with van der Waals surface area (Å²) in [5, 5.41) is 3.29. The molecular weight excluding hydrogens is 370 g/mol. The van der Waals surface area contributed by atoms with Gasteiger partial charge in [0.25, 0.3) is 10.9 Å². The van der Waals surface area contributed by atoms with Gasteiger partial charge in [0.15, 0.2) is 0 Å². The van der Waals surface area contributed by atoms with E-state index in [0.29, 0.717) is 56.1 Å². The summed E-state index contributed by atoms with van der Waals surface area (Å²) < 4.78 is 5.34. The third-order valence-electron chi connectivity index (χ3n) is 7.07. The summed E-state index contributed by atoms with van der Waals surface area (Å²) in [4.78, 5) is 40.9. The molecule has 29 heavy (non-hydrogen) atoms. The molecule has 1 amide bonds. The van der Waals surface area contributed by atoms with E-state index in [-0.39, 0.29) is 22.7 Å². The molecule has 4 rings (SSSR count). The Labute approximate surface area is 172 Å². The fourth-order valence-corrected chi connectivity index (χ4v) is 4.98. The van der Waals surface area contributed by atoms with Crippen molar-refractivity contribution in [2.24, 2.45) is 17.8 Å². The molecule has 0 unspecified atom stereocenters. The highest BCUT2D eigenvalue weighted by Crippen LogP contribution is 2.32. The number of carbonyl (C=O) groups is 1. The van der Waals surface area contributed by atoms with E-state index in [2.05, 4.69) is 17.1 Å². The molecular formula is C22H33N3O4. The molecule has 1 N–H and O–H groups in total. The van der Waals surface area contributed by atoms with Crippen LogP contribution in [0.3, 0.4) is 0 Å². The Morgan fingerprint density at radius 3 is 2.28 bits per heavy atom. The van der Waals surface area contributed by atoms with Crippen molar-refractivity contribution < 1.29 is 9.53 Å². The Morgan fingerprint density at radius 1 is 0.966 bits per heavy atom. The first-order valence-electron chi connectivity index (χ1n) is 11.2. The molecule has 2 heterocycles. The van der Waals surface area contributed by atoms with Crippen LogP contribution in [-0.4, -0.2) is 56.7 Å². The maximum Gasteiger partial charge on any atom is 0.253 e. The van der Waals surface area contributed by atoms with Crippen LogP contribution in [0.5, 0.6) is 0 Å². The second-order valence-corrected chi connectivity index (χ2v) is 9.09. The number of hydrogen-bond donors (Lipinski definition) is 1. The van der Waals surface area contributed by atoms with Gasteiger partial charge in [-0.25, -0.2) is 0 Å². The average Bonchev–Trinajstić information content (AvgIpc) is 2.77. The summed E-state index contributed by atoms with van der Waals surface area (Å²) in [5.41, 5.74) is 0.436. The van der Waals surface area contributed by atoms with E-state index in [0.717, 1.165) is 51.6 Å². The molecule has 1 aliphatic carbocycles. The predicted molar refractivity (Wildman–Crippen MR) is 113 cm³/mol. The number of hydrogen-bond acceptors (Lipinski definition) is 6. The summed E-state index contributed by atoms with van der Waals surface area (Å²) in [6, 6.07) is 0. The van der Waals surface area contributed by atoms with Gasteiger partial charge in [0.05, 0.1) is 13.2 Å². The summed E-state index contributed by atoms with van der Waals surface area (Å²) in [5.74, 6) is 1.54. The fraction of sp³-hybridized carbons (Fsp3) is 0.773. The quantitative estimate of drug-likeness (QED) is 0.753. The summed E-state index contributed by atoms with van der Waals surface area (Å²) in [6.07, 6.45) is 5.93. The first kappa shape index (κ1) is 20.4. The van der Waals surface area contributed by atoms with E-state index < -0.39 is 0 Å². The van der Waals surface area contributed by atoms with Gasteiger partial charge >= 0.3 is 0 Å². The van der Waals surface area contributed by atoms with Crippen LogP contribution < -0.4 is 21.1 Å². The molecule has 1 aromatic rings. The van der Waals surface area contributed by atoms with Crippen molar-refractivity contribution in [3.05, 3.63) is 20.4 Å². The molecule has 0 radical (unpaired) electrons. The molecule has 7 nitrogen and oxygen atoms in total. The maximum absolute atomic E-state index is 12.7. The van der Waals surface area contributed by atoms with Crippen molar-refractivity contribution in [3.8, 4) is 0 Å². The minimum absolute atomic E-state index is 0.126. The van der Waals surface area contributed by atoms with Gasteiger partial charge in [-0.1, -0.05) is 6.92 Å². The van der Waals surface area contributed by atoms with Crippen LogP contribution in [0.4, 0.5) is 11.4 Å². The van der Waals surface area contributed by atoms with Gasteiger partial charge in [-0.05, 0) is 50.4 Å². The maximum atomic E-state index is 12.7. The lowest BCUT2D eigenvalue weighted by atomic mass is 9.81. The SMILES string of the molecule is CC1CCN(c2c(NCC3CCC(C(=O)N4CCOCC4)CC3)c(=O)c2=O)CC1. The lowest BCUT2D eigenvalue weighted by Crippen LogP contribution is -2.46. The van der Waals surface area contributed by atoms with Crippen molar-refractivity contribution in [2.45, 2.75) is 45.4 Å². The summed E-state index contributed by atoms with van der Waals surface area (Å²) in [6.45, 7) is 7.37. The lowest BCUT2D eigenvalue weighted by molar-refractivity contribution is -0.140. The fourth-order valence-electron chi connectivity index (χ4n) is 4.98. The van der Waals surface area contributed by atoms with E-state index in [4.69, 9.17) is 4.74 Å². The van der Waals surface area contributed by atoms with Gasteiger partial charge in [0, 0.05) is 38.6 Å². The molecule has 2 saturated heterocycles. The molecule has 1 saturated carbocycles. The van der Waals surface area contributed by atoms with E-state index in [1.807, 2.05) is 4.90 Å². The van der Waals surface area contributed by atoms with Crippen LogP contribution >= 0.6 is 0 Å². The second kappa shape index (κ2) is 8.86. The predicted octanol–water partition coefficient (Wildman–Crippen LogP) is 1.60. The van der Waals surface area contributed by atoms with Gasteiger partial charge in [0.2, 0.25) is 5.91 Å². The van der Waals surface area contributed by atoms with Crippen LogP contribution in [0.15, 0.2) is 9.59 Å². The van der Waals surface area contributed by atoms with Gasteiger partial charge in [-0.2, -0.15) is 0 Å². The minimum atomic E-state index is -0.366. The van der Waals surface area contributed by atoms with Crippen molar-refractivity contribution in [1.82, 2.24) is 4.90 Å². The number of piperidine rings is 1. The highest BCUT2D eigenvalue weighted by atomic mass is 16.5. The number of anilines is 2. The largest absolute Gasteiger partial charge is 0.380 e. The van der Waals surface area contributed by atoms with E-state index in [1.165, 1.54) is 0 Å². The Morgan fingerprint density at radius 2 is 1.62 bits per heavy atom. The molecule has 160 valence electrons. The Hall–Kier alpha value is -1.89. The van der Waals surface area contributed by atoms with Crippen LogP contribution in [0.2, 0.25) is 0 Å². The lowest BCUT2D eigenvalue weighted by Gasteiger charge is -2.35. The van der Waals surface area contributed by atoms with E-state index >= 15 is 0 Å². The van der Waals surface area contributed by atoms with E-state index in [1.54, 1.807) is 0 Å². The number of rotatable bonds is 5.